The van der Waals surface area contributed by atoms with E-state index in [2.05, 4.69) is 0 Å². The van der Waals surface area contributed by atoms with E-state index in [1.165, 1.54) is 0 Å². The summed E-state index contributed by atoms with van der Waals surface area (Å²) in [5.41, 5.74) is -0.790. The van der Waals surface area contributed by atoms with Gasteiger partial charge in [0.05, 0.1) is 12.0 Å². The van der Waals surface area contributed by atoms with Crippen LogP contribution in [0.5, 0.6) is 0 Å². The first-order chi connectivity index (χ1) is 9.87. The van der Waals surface area contributed by atoms with Gasteiger partial charge in [0.2, 0.25) is 12.1 Å². The Bertz CT molecular complexity index is 477. The molecule has 6 nitrogen and oxygen atoms in total. The monoisotopic (exact) mass is 298 g/mol. The van der Waals surface area contributed by atoms with Gasteiger partial charge in [0, 0.05) is 18.3 Å². The SMILES string of the molecule is C[C@@H]1[C@@H](O)C[C@H]2[C@@H](C)C(=O)O[C@@H]3O[C@]4(C)CC[C@@H]1C32OO4. The molecular weight excluding hydrogens is 276 g/mol. The zero-order chi connectivity index (χ0) is 15.0. The minimum absolute atomic E-state index is 0.0520. The molecule has 2 bridgehead atoms. The van der Waals surface area contributed by atoms with Crippen LogP contribution < -0.4 is 0 Å². The molecule has 4 heterocycles. The zero-order valence-corrected chi connectivity index (χ0v) is 12.6. The number of hydrogen-bond donors (Lipinski definition) is 1. The molecule has 1 N–H and O–H groups in total. The Balaban J connectivity index is 1.85. The lowest BCUT2D eigenvalue weighted by Crippen LogP contribution is -2.71. The molecule has 5 fully saturated rings. The van der Waals surface area contributed by atoms with Crippen molar-refractivity contribution in [1.82, 2.24) is 0 Å². The second-order valence-corrected chi connectivity index (χ2v) is 7.24. The maximum absolute atomic E-state index is 12.1. The van der Waals surface area contributed by atoms with Gasteiger partial charge in [-0.25, -0.2) is 9.78 Å². The van der Waals surface area contributed by atoms with Gasteiger partial charge >= 0.3 is 5.97 Å². The third-order valence-electron chi connectivity index (χ3n) is 6.09. The minimum Gasteiger partial charge on any atom is -0.432 e. The fourth-order valence-electron chi connectivity index (χ4n) is 4.72. The maximum atomic E-state index is 12.1. The van der Waals surface area contributed by atoms with Crippen molar-refractivity contribution in [3.8, 4) is 0 Å². The van der Waals surface area contributed by atoms with E-state index in [0.717, 1.165) is 6.42 Å². The van der Waals surface area contributed by atoms with E-state index in [9.17, 15) is 9.90 Å². The number of aliphatic hydroxyl groups is 1. The van der Waals surface area contributed by atoms with E-state index < -0.39 is 23.8 Å². The van der Waals surface area contributed by atoms with Gasteiger partial charge in [-0.15, -0.1) is 0 Å². The summed E-state index contributed by atoms with van der Waals surface area (Å²) in [6.45, 7) is 5.67. The molecule has 1 saturated carbocycles. The highest BCUT2D eigenvalue weighted by molar-refractivity contribution is 5.74. The Morgan fingerprint density at radius 3 is 2.76 bits per heavy atom. The lowest BCUT2D eigenvalue weighted by atomic mass is 9.57. The van der Waals surface area contributed by atoms with Crippen LogP contribution in [0.25, 0.3) is 0 Å². The summed E-state index contributed by atoms with van der Waals surface area (Å²) < 4.78 is 11.5. The number of esters is 1. The molecular formula is C15H22O6. The topological polar surface area (TPSA) is 74.2 Å². The molecule has 5 aliphatic rings. The Hall–Kier alpha value is -0.690. The molecule has 0 amide bonds. The van der Waals surface area contributed by atoms with Crippen LogP contribution in [0.3, 0.4) is 0 Å². The van der Waals surface area contributed by atoms with Crippen molar-refractivity contribution in [3.05, 3.63) is 0 Å². The molecule has 0 aromatic rings. The maximum Gasteiger partial charge on any atom is 0.311 e. The zero-order valence-electron chi connectivity index (χ0n) is 12.6. The predicted molar refractivity (Wildman–Crippen MR) is 69.4 cm³/mol. The van der Waals surface area contributed by atoms with E-state index in [1.54, 1.807) is 6.92 Å². The van der Waals surface area contributed by atoms with Crippen molar-refractivity contribution in [3.63, 3.8) is 0 Å². The quantitative estimate of drug-likeness (QED) is 0.538. The van der Waals surface area contributed by atoms with Gasteiger partial charge in [-0.05, 0) is 25.7 Å². The van der Waals surface area contributed by atoms with E-state index in [0.29, 0.717) is 12.8 Å². The molecule has 0 radical (unpaired) electrons. The number of carbonyl (C=O) groups excluding carboxylic acids is 1. The molecule has 1 unspecified atom stereocenters. The summed E-state index contributed by atoms with van der Waals surface area (Å²) in [5.74, 6) is -1.54. The first-order valence-corrected chi connectivity index (χ1v) is 7.80. The number of aliphatic hydroxyl groups excluding tert-OH is 1. The van der Waals surface area contributed by atoms with Crippen LogP contribution in [0.2, 0.25) is 0 Å². The Morgan fingerprint density at radius 1 is 1.24 bits per heavy atom. The van der Waals surface area contributed by atoms with Crippen molar-refractivity contribution >= 4 is 5.97 Å². The average Bonchev–Trinajstić information content (AvgIpc) is 2.66. The predicted octanol–water partition coefficient (Wildman–Crippen LogP) is 1.37. The molecule has 4 saturated heterocycles. The molecule has 1 spiro atoms. The first-order valence-electron chi connectivity index (χ1n) is 7.80. The summed E-state index contributed by atoms with van der Waals surface area (Å²) in [7, 11) is 0. The largest absolute Gasteiger partial charge is 0.432 e. The van der Waals surface area contributed by atoms with Crippen molar-refractivity contribution in [2.24, 2.45) is 23.7 Å². The van der Waals surface area contributed by atoms with Crippen LogP contribution in [0, 0.1) is 23.7 Å². The Labute approximate surface area is 123 Å². The third-order valence-corrected chi connectivity index (χ3v) is 6.09. The van der Waals surface area contributed by atoms with E-state index in [4.69, 9.17) is 19.2 Å². The lowest BCUT2D eigenvalue weighted by Gasteiger charge is -2.58. The van der Waals surface area contributed by atoms with Gasteiger partial charge in [-0.1, -0.05) is 13.8 Å². The van der Waals surface area contributed by atoms with Gasteiger partial charge < -0.3 is 14.6 Å². The summed E-state index contributed by atoms with van der Waals surface area (Å²) in [6.07, 6.45) is 0.812. The van der Waals surface area contributed by atoms with Crippen molar-refractivity contribution in [2.45, 2.75) is 63.8 Å². The van der Waals surface area contributed by atoms with E-state index in [-0.39, 0.29) is 29.6 Å². The molecule has 0 aromatic carbocycles. The number of ether oxygens (including phenoxy) is 2. The van der Waals surface area contributed by atoms with Gasteiger partial charge in [0.15, 0.2) is 5.60 Å². The highest BCUT2D eigenvalue weighted by atomic mass is 17.3. The fourth-order valence-corrected chi connectivity index (χ4v) is 4.72. The average molecular weight is 298 g/mol. The molecule has 1 aliphatic carbocycles. The van der Waals surface area contributed by atoms with Gasteiger partial charge in [0.1, 0.15) is 0 Å². The molecule has 4 aliphatic heterocycles. The van der Waals surface area contributed by atoms with E-state index >= 15 is 0 Å². The Kier molecular flexibility index (Phi) is 2.78. The number of fused-ring (bicyclic) bond motifs is 2. The molecule has 6 heteroatoms. The second-order valence-electron chi connectivity index (χ2n) is 7.24. The normalized spacial score (nSPS) is 59.1. The Morgan fingerprint density at radius 2 is 2.00 bits per heavy atom. The third kappa shape index (κ3) is 1.64. The summed E-state index contributed by atoms with van der Waals surface area (Å²) >= 11 is 0. The van der Waals surface area contributed by atoms with Gasteiger partial charge in [0.25, 0.3) is 0 Å². The molecule has 8 atom stereocenters. The summed E-state index contributed by atoms with van der Waals surface area (Å²) in [4.78, 5) is 23.6. The molecule has 21 heavy (non-hydrogen) atoms. The number of rotatable bonds is 0. The summed E-state index contributed by atoms with van der Waals surface area (Å²) in [6, 6.07) is 0. The molecule has 0 aromatic heterocycles. The van der Waals surface area contributed by atoms with Crippen LogP contribution in [0.1, 0.15) is 40.0 Å². The van der Waals surface area contributed by atoms with Crippen molar-refractivity contribution in [1.29, 1.82) is 0 Å². The van der Waals surface area contributed by atoms with Crippen LogP contribution in [0.15, 0.2) is 0 Å². The highest BCUT2D eigenvalue weighted by Gasteiger charge is 2.71. The lowest BCUT2D eigenvalue weighted by molar-refractivity contribution is -0.560. The molecule has 5 rings (SSSR count). The van der Waals surface area contributed by atoms with Crippen LogP contribution in [-0.2, 0) is 24.0 Å². The van der Waals surface area contributed by atoms with Crippen molar-refractivity contribution in [2.75, 3.05) is 0 Å². The molecule has 118 valence electrons. The second kappa shape index (κ2) is 4.19. The van der Waals surface area contributed by atoms with Crippen LogP contribution in [-0.4, -0.2) is 34.9 Å². The first kappa shape index (κ1) is 13.9. The smallest absolute Gasteiger partial charge is 0.311 e. The van der Waals surface area contributed by atoms with Gasteiger partial charge in [-0.2, -0.15) is 0 Å². The summed E-state index contributed by atoms with van der Waals surface area (Å²) in [5, 5.41) is 10.4. The fraction of sp³-hybridized carbons (Fsp3) is 0.933. The van der Waals surface area contributed by atoms with E-state index in [1.807, 2.05) is 13.8 Å². The van der Waals surface area contributed by atoms with Crippen LogP contribution >= 0.6 is 0 Å². The minimum atomic E-state index is -0.886. The number of carbonyl (C=O) groups is 1. The van der Waals surface area contributed by atoms with Gasteiger partial charge in [-0.3, -0.25) is 4.79 Å². The highest BCUT2D eigenvalue weighted by Crippen LogP contribution is 2.59. The standard InChI is InChI=1S/C15H22O6/c1-7-9-4-5-14(3)19-13-15(9,21-20-14)10(6-11(7)16)8(2)12(17)18-13/h7-11,13,16H,4-6H2,1-3H3/t7-,8+,9-,10-,11-,13+,14-,15?/m0/s1. The van der Waals surface area contributed by atoms with Crippen molar-refractivity contribution < 1.29 is 29.1 Å². The van der Waals surface area contributed by atoms with Crippen LogP contribution in [0.4, 0.5) is 0 Å². The number of hydrogen-bond acceptors (Lipinski definition) is 6.